The molecule has 0 amide bonds. The Hall–Kier alpha value is -1.78. The molecule has 0 unspecified atom stereocenters. The SMILES string of the molecule is CCn1cc(NCc2c(C)cnn2C)c(C)n1. The molecule has 2 aromatic rings. The van der Waals surface area contributed by atoms with Gasteiger partial charge in [0.15, 0.2) is 0 Å². The summed E-state index contributed by atoms with van der Waals surface area (Å²) >= 11 is 0. The lowest BCUT2D eigenvalue weighted by molar-refractivity contribution is 0.653. The Morgan fingerprint density at radius 3 is 2.65 bits per heavy atom. The molecule has 0 aliphatic carbocycles. The Bertz CT molecular complexity index is 489. The molecular formula is C12H19N5. The fraction of sp³-hybridized carbons (Fsp3) is 0.500. The van der Waals surface area contributed by atoms with Gasteiger partial charge >= 0.3 is 0 Å². The monoisotopic (exact) mass is 233 g/mol. The lowest BCUT2D eigenvalue weighted by atomic mass is 10.2. The van der Waals surface area contributed by atoms with Crippen LogP contribution in [0, 0.1) is 13.8 Å². The van der Waals surface area contributed by atoms with Crippen molar-refractivity contribution in [2.45, 2.75) is 33.9 Å². The molecule has 0 atom stereocenters. The van der Waals surface area contributed by atoms with E-state index in [0.29, 0.717) is 0 Å². The summed E-state index contributed by atoms with van der Waals surface area (Å²) in [5.74, 6) is 0. The van der Waals surface area contributed by atoms with Crippen LogP contribution in [0.15, 0.2) is 12.4 Å². The van der Waals surface area contributed by atoms with Crippen LogP contribution >= 0.6 is 0 Å². The van der Waals surface area contributed by atoms with E-state index >= 15 is 0 Å². The van der Waals surface area contributed by atoms with E-state index in [1.807, 2.05) is 35.7 Å². The molecule has 92 valence electrons. The van der Waals surface area contributed by atoms with E-state index in [1.165, 1.54) is 11.3 Å². The molecule has 0 saturated heterocycles. The molecule has 5 nitrogen and oxygen atoms in total. The summed E-state index contributed by atoms with van der Waals surface area (Å²) in [5.41, 5.74) is 4.54. The molecule has 17 heavy (non-hydrogen) atoms. The van der Waals surface area contributed by atoms with E-state index in [9.17, 15) is 0 Å². The zero-order valence-corrected chi connectivity index (χ0v) is 10.9. The summed E-state index contributed by atoms with van der Waals surface area (Å²) < 4.78 is 3.84. The van der Waals surface area contributed by atoms with Crippen molar-refractivity contribution in [1.82, 2.24) is 19.6 Å². The first kappa shape index (κ1) is 11.7. The molecule has 5 heteroatoms. The van der Waals surface area contributed by atoms with Gasteiger partial charge < -0.3 is 5.32 Å². The van der Waals surface area contributed by atoms with Crippen LogP contribution in [0.1, 0.15) is 23.9 Å². The van der Waals surface area contributed by atoms with E-state index in [-0.39, 0.29) is 0 Å². The molecule has 1 N–H and O–H groups in total. The normalized spacial score (nSPS) is 10.8. The molecule has 0 aliphatic rings. The van der Waals surface area contributed by atoms with Crippen molar-refractivity contribution in [1.29, 1.82) is 0 Å². The fourth-order valence-corrected chi connectivity index (χ4v) is 1.86. The summed E-state index contributed by atoms with van der Waals surface area (Å²) in [6, 6.07) is 0. The van der Waals surface area contributed by atoms with Crippen LogP contribution in [0.2, 0.25) is 0 Å². The van der Waals surface area contributed by atoms with Crippen LogP contribution < -0.4 is 5.32 Å². The first-order chi connectivity index (χ1) is 8.11. The lowest BCUT2D eigenvalue weighted by Gasteiger charge is -2.06. The van der Waals surface area contributed by atoms with Gasteiger partial charge in [-0.25, -0.2) is 0 Å². The van der Waals surface area contributed by atoms with E-state index in [0.717, 1.165) is 24.5 Å². The summed E-state index contributed by atoms with van der Waals surface area (Å²) in [5, 5.41) is 12.0. The van der Waals surface area contributed by atoms with Crippen LogP contribution in [-0.2, 0) is 20.1 Å². The highest BCUT2D eigenvalue weighted by Gasteiger charge is 2.07. The second-order valence-corrected chi connectivity index (χ2v) is 4.24. The third-order valence-corrected chi connectivity index (χ3v) is 2.99. The highest BCUT2D eigenvalue weighted by molar-refractivity contribution is 5.46. The summed E-state index contributed by atoms with van der Waals surface area (Å²) in [6.45, 7) is 7.85. The maximum absolute atomic E-state index is 4.41. The number of nitrogens with one attached hydrogen (secondary N) is 1. The van der Waals surface area contributed by atoms with Crippen molar-refractivity contribution >= 4 is 5.69 Å². The van der Waals surface area contributed by atoms with Crippen LogP contribution in [0.4, 0.5) is 5.69 Å². The Balaban J connectivity index is 2.09. The maximum atomic E-state index is 4.41. The summed E-state index contributed by atoms with van der Waals surface area (Å²) in [7, 11) is 1.96. The molecule has 0 bridgehead atoms. The average Bonchev–Trinajstić information content (AvgIpc) is 2.81. The first-order valence-corrected chi connectivity index (χ1v) is 5.87. The number of anilines is 1. The van der Waals surface area contributed by atoms with Gasteiger partial charge in [0.1, 0.15) is 0 Å². The summed E-state index contributed by atoms with van der Waals surface area (Å²) in [6.07, 6.45) is 3.93. The van der Waals surface area contributed by atoms with Gasteiger partial charge in [-0.2, -0.15) is 10.2 Å². The van der Waals surface area contributed by atoms with E-state index < -0.39 is 0 Å². The van der Waals surface area contributed by atoms with Crippen molar-refractivity contribution in [3.05, 3.63) is 29.3 Å². The Kier molecular flexibility index (Phi) is 3.17. The second kappa shape index (κ2) is 4.61. The fourth-order valence-electron chi connectivity index (χ4n) is 1.86. The molecular weight excluding hydrogens is 214 g/mol. The predicted octanol–water partition coefficient (Wildman–Crippen LogP) is 1.87. The van der Waals surface area contributed by atoms with Crippen molar-refractivity contribution in [3.8, 4) is 0 Å². The Morgan fingerprint density at radius 2 is 2.12 bits per heavy atom. The van der Waals surface area contributed by atoms with Crippen molar-refractivity contribution in [2.75, 3.05) is 5.32 Å². The zero-order valence-electron chi connectivity index (χ0n) is 10.9. The lowest BCUT2D eigenvalue weighted by Crippen LogP contribution is -2.06. The van der Waals surface area contributed by atoms with E-state index in [4.69, 9.17) is 0 Å². The minimum atomic E-state index is 0.776. The van der Waals surface area contributed by atoms with Gasteiger partial charge in [-0.3, -0.25) is 9.36 Å². The molecule has 2 rings (SSSR count). The Morgan fingerprint density at radius 1 is 1.35 bits per heavy atom. The first-order valence-electron chi connectivity index (χ1n) is 5.87. The van der Waals surface area contributed by atoms with Gasteiger partial charge in [-0.15, -0.1) is 0 Å². The number of rotatable bonds is 4. The highest BCUT2D eigenvalue weighted by Crippen LogP contribution is 2.14. The van der Waals surface area contributed by atoms with Crippen molar-refractivity contribution in [2.24, 2.45) is 7.05 Å². The topological polar surface area (TPSA) is 47.7 Å². The molecule has 2 heterocycles. The average molecular weight is 233 g/mol. The minimum Gasteiger partial charge on any atom is -0.377 e. The van der Waals surface area contributed by atoms with E-state index in [2.05, 4.69) is 29.4 Å². The third-order valence-electron chi connectivity index (χ3n) is 2.99. The number of nitrogens with zero attached hydrogens (tertiary/aromatic N) is 4. The smallest absolute Gasteiger partial charge is 0.0825 e. The molecule has 0 spiro atoms. The third kappa shape index (κ3) is 2.33. The molecule has 0 aromatic carbocycles. The van der Waals surface area contributed by atoms with Gasteiger partial charge in [0, 0.05) is 19.8 Å². The largest absolute Gasteiger partial charge is 0.377 e. The standard InChI is InChI=1S/C12H19N5/c1-5-17-8-11(10(3)15-17)13-7-12-9(2)6-14-16(12)4/h6,8,13H,5,7H2,1-4H3. The number of hydrogen-bond donors (Lipinski definition) is 1. The van der Waals surface area contributed by atoms with Gasteiger partial charge in [-0.05, 0) is 26.3 Å². The van der Waals surface area contributed by atoms with Gasteiger partial charge in [-0.1, -0.05) is 0 Å². The molecule has 2 aromatic heterocycles. The van der Waals surface area contributed by atoms with E-state index in [1.54, 1.807) is 0 Å². The highest BCUT2D eigenvalue weighted by atomic mass is 15.3. The number of aromatic nitrogens is 4. The number of aryl methyl sites for hydroxylation is 4. The number of hydrogen-bond acceptors (Lipinski definition) is 3. The minimum absolute atomic E-state index is 0.776. The molecule has 0 fully saturated rings. The molecule has 0 aliphatic heterocycles. The van der Waals surface area contributed by atoms with Gasteiger partial charge in [0.25, 0.3) is 0 Å². The Labute approximate surface area is 101 Å². The predicted molar refractivity (Wildman–Crippen MR) is 67.9 cm³/mol. The summed E-state index contributed by atoms with van der Waals surface area (Å²) in [4.78, 5) is 0. The van der Waals surface area contributed by atoms with Crippen LogP contribution in [0.5, 0.6) is 0 Å². The second-order valence-electron chi connectivity index (χ2n) is 4.24. The van der Waals surface area contributed by atoms with Crippen LogP contribution in [-0.4, -0.2) is 19.6 Å². The van der Waals surface area contributed by atoms with Crippen molar-refractivity contribution < 1.29 is 0 Å². The van der Waals surface area contributed by atoms with Crippen molar-refractivity contribution in [3.63, 3.8) is 0 Å². The molecule has 0 radical (unpaired) electrons. The van der Waals surface area contributed by atoms with Crippen LogP contribution in [0.25, 0.3) is 0 Å². The van der Waals surface area contributed by atoms with Gasteiger partial charge in [0.2, 0.25) is 0 Å². The quantitative estimate of drug-likeness (QED) is 0.877. The maximum Gasteiger partial charge on any atom is 0.0825 e. The zero-order chi connectivity index (χ0) is 12.4. The van der Waals surface area contributed by atoms with Crippen LogP contribution in [0.3, 0.4) is 0 Å². The molecule has 0 saturated carbocycles. The van der Waals surface area contributed by atoms with Gasteiger partial charge in [0.05, 0.1) is 29.8 Å².